The molecule has 0 spiro atoms. The lowest BCUT2D eigenvalue weighted by molar-refractivity contribution is -0.134. The van der Waals surface area contributed by atoms with Gasteiger partial charge in [0.15, 0.2) is 0 Å². The zero-order chi connectivity index (χ0) is 37.0. The number of halogens is 1. The highest BCUT2D eigenvalue weighted by Crippen LogP contribution is 2.47. The number of hydrogen-bond acceptors (Lipinski definition) is 8. The van der Waals surface area contributed by atoms with Gasteiger partial charge in [-0.05, 0) is 87.2 Å². The van der Waals surface area contributed by atoms with Crippen molar-refractivity contribution in [3.63, 3.8) is 0 Å². The molecule has 1 N–H and O–H groups in total. The average molecular weight is 723 g/mol. The fraction of sp³-hybridized carbons (Fsp3) is 0.350. The Balaban J connectivity index is 1.44. The molecule has 0 fully saturated rings. The monoisotopic (exact) mass is 722 g/mol. The minimum absolute atomic E-state index is 0.0182. The second-order valence-corrected chi connectivity index (χ2v) is 15.0. The maximum absolute atomic E-state index is 16.2. The van der Waals surface area contributed by atoms with Gasteiger partial charge in [0.2, 0.25) is 11.8 Å². The van der Waals surface area contributed by atoms with Crippen LogP contribution in [0.15, 0.2) is 66.6 Å². The molecule has 0 bridgehead atoms. The summed E-state index contributed by atoms with van der Waals surface area (Å²) in [7, 11) is 5.54. The van der Waals surface area contributed by atoms with Crippen LogP contribution in [0.5, 0.6) is 5.75 Å². The van der Waals surface area contributed by atoms with Gasteiger partial charge in [0.1, 0.15) is 29.6 Å². The standard InChI is InChI=1S/C40H43FN6O4S/c1-8-34(49)46-19-22(2)47-31(24(46)4)18-30(43-47)38-35(36-29(41)10-9-11-33(36)51-21-23(3)48)28-14-15-52-39(28)37(42-38)26-13-12-25-17-32(40(50)44(5)6)45(7)20-27(25)16-26/h8-16,18,22-24,32,48H,1,17,19-21H2,2-7H3/t22-,23+,24+,32-/m0/s1. The number of benzene rings is 2. The summed E-state index contributed by atoms with van der Waals surface area (Å²) < 4.78 is 25.1. The van der Waals surface area contributed by atoms with E-state index in [0.717, 1.165) is 38.2 Å². The Morgan fingerprint density at radius 1 is 1.13 bits per heavy atom. The van der Waals surface area contributed by atoms with Crippen molar-refractivity contribution in [3.8, 4) is 39.5 Å². The predicted octanol–water partition coefficient (Wildman–Crippen LogP) is 6.49. The van der Waals surface area contributed by atoms with E-state index >= 15 is 4.39 Å². The van der Waals surface area contributed by atoms with E-state index in [-0.39, 0.29) is 47.9 Å². The van der Waals surface area contributed by atoms with Gasteiger partial charge in [0.25, 0.3) is 0 Å². The molecule has 270 valence electrons. The fourth-order valence-electron chi connectivity index (χ4n) is 7.45. The van der Waals surface area contributed by atoms with Gasteiger partial charge < -0.3 is 19.6 Å². The van der Waals surface area contributed by atoms with Crippen molar-refractivity contribution in [2.75, 3.05) is 34.3 Å². The van der Waals surface area contributed by atoms with Gasteiger partial charge in [-0.3, -0.25) is 19.2 Å². The van der Waals surface area contributed by atoms with Crippen molar-refractivity contribution < 1.29 is 23.8 Å². The summed E-state index contributed by atoms with van der Waals surface area (Å²) >= 11 is 1.53. The Kier molecular flexibility index (Phi) is 9.49. The molecule has 0 unspecified atom stereocenters. The number of thiophene rings is 1. The topological polar surface area (TPSA) is 104 Å². The van der Waals surface area contributed by atoms with E-state index in [0.29, 0.717) is 36.5 Å². The lowest BCUT2D eigenvalue weighted by Crippen LogP contribution is -2.48. The van der Waals surface area contributed by atoms with Crippen LogP contribution in [-0.2, 0) is 22.6 Å². The number of likely N-dealkylation sites (N-methyl/N-ethyl adjacent to an activating group) is 2. The molecule has 0 aliphatic carbocycles. The number of aromatic nitrogens is 3. The van der Waals surface area contributed by atoms with Crippen LogP contribution < -0.4 is 4.74 Å². The van der Waals surface area contributed by atoms with Crippen molar-refractivity contribution in [1.82, 2.24) is 29.5 Å². The highest BCUT2D eigenvalue weighted by molar-refractivity contribution is 7.17. The number of pyridine rings is 1. The van der Waals surface area contributed by atoms with Gasteiger partial charge in [-0.1, -0.05) is 24.8 Å². The van der Waals surface area contributed by atoms with Gasteiger partial charge >= 0.3 is 0 Å². The lowest BCUT2D eigenvalue weighted by Gasteiger charge is -2.36. The minimum atomic E-state index is -0.763. The van der Waals surface area contributed by atoms with E-state index in [2.05, 4.69) is 23.6 Å². The number of fused-ring (bicyclic) bond motifs is 3. The smallest absolute Gasteiger partial charge is 0.246 e. The third-order valence-electron chi connectivity index (χ3n) is 10.1. The molecule has 0 saturated heterocycles. The molecule has 2 aliphatic heterocycles. The summed E-state index contributed by atoms with van der Waals surface area (Å²) in [6, 6.07) is 14.2. The maximum atomic E-state index is 16.2. The van der Waals surface area contributed by atoms with Gasteiger partial charge in [-0.2, -0.15) is 5.10 Å². The summed E-state index contributed by atoms with van der Waals surface area (Å²) in [6.07, 6.45) is 1.18. The lowest BCUT2D eigenvalue weighted by atomic mass is 9.90. The number of ether oxygens (including phenoxy) is 1. The average Bonchev–Trinajstić information content (AvgIpc) is 3.80. The molecule has 0 radical (unpaired) electrons. The number of carbonyl (C=O) groups excluding carboxylic acids is 2. The van der Waals surface area contributed by atoms with Crippen molar-refractivity contribution in [2.45, 2.75) is 58.0 Å². The Morgan fingerprint density at radius 2 is 1.92 bits per heavy atom. The molecule has 2 aromatic carbocycles. The molecule has 2 aliphatic rings. The normalized spacial score (nSPS) is 19.2. The van der Waals surface area contributed by atoms with Crippen LogP contribution in [0.2, 0.25) is 0 Å². The molecule has 7 rings (SSSR count). The van der Waals surface area contributed by atoms with Crippen LogP contribution in [0.25, 0.3) is 43.9 Å². The number of aliphatic hydroxyl groups excluding tert-OH is 1. The number of nitrogens with zero attached hydrogens (tertiary/aromatic N) is 6. The highest BCUT2D eigenvalue weighted by atomic mass is 32.1. The van der Waals surface area contributed by atoms with Crippen molar-refractivity contribution in [2.24, 2.45) is 0 Å². The quantitative estimate of drug-likeness (QED) is 0.183. The molecule has 2 amide bonds. The summed E-state index contributed by atoms with van der Waals surface area (Å²) in [5.74, 6) is -0.279. The molecular weight excluding hydrogens is 680 g/mol. The van der Waals surface area contributed by atoms with Crippen LogP contribution in [-0.4, -0.2) is 92.8 Å². The van der Waals surface area contributed by atoms with E-state index in [4.69, 9.17) is 14.8 Å². The van der Waals surface area contributed by atoms with E-state index in [9.17, 15) is 14.7 Å². The molecule has 3 aromatic heterocycles. The van der Waals surface area contributed by atoms with Crippen molar-refractivity contribution in [1.29, 1.82) is 0 Å². The van der Waals surface area contributed by atoms with Crippen LogP contribution in [0, 0.1) is 5.82 Å². The first-order valence-electron chi connectivity index (χ1n) is 17.4. The van der Waals surface area contributed by atoms with Gasteiger partial charge in [-0.25, -0.2) is 9.37 Å². The second kappa shape index (κ2) is 13.9. The molecule has 12 heteroatoms. The van der Waals surface area contributed by atoms with E-state index in [1.165, 1.54) is 23.5 Å². The zero-order valence-electron chi connectivity index (χ0n) is 30.3. The van der Waals surface area contributed by atoms with Crippen LogP contribution in [0.1, 0.15) is 49.7 Å². The molecule has 5 aromatic rings. The molecular formula is C40H43FN6O4S. The molecule has 4 atom stereocenters. The van der Waals surface area contributed by atoms with Crippen LogP contribution in [0.4, 0.5) is 4.39 Å². The van der Waals surface area contributed by atoms with Gasteiger partial charge in [0, 0.05) is 43.7 Å². The van der Waals surface area contributed by atoms with Crippen molar-refractivity contribution in [3.05, 3.63) is 89.2 Å². The Bertz CT molecular complexity index is 2210. The zero-order valence-corrected chi connectivity index (χ0v) is 31.1. The van der Waals surface area contributed by atoms with Gasteiger partial charge in [0.05, 0.1) is 45.9 Å². The summed E-state index contributed by atoms with van der Waals surface area (Å²) in [5, 5.41) is 17.9. The second-order valence-electron chi connectivity index (χ2n) is 14.1. The molecule has 5 heterocycles. The van der Waals surface area contributed by atoms with Gasteiger partial charge in [-0.15, -0.1) is 11.3 Å². The number of aliphatic hydroxyl groups is 1. The predicted molar refractivity (Wildman–Crippen MR) is 202 cm³/mol. The number of amides is 2. The summed E-state index contributed by atoms with van der Waals surface area (Å²) in [4.78, 5) is 36.6. The number of rotatable bonds is 8. The third-order valence-corrected chi connectivity index (χ3v) is 11.0. The van der Waals surface area contributed by atoms with Crippen LogP contribution >= 0.6 is 11.3 Å². The van der Waals surface area contributed by atoms with E-state index in [1.807, 2.05) is 49.2 Å². The maximum Gasteiger partial charge on any atom is 0.246 e. The van der Waals surface area contributed by atoms with E-state index in [1.54, 1.807) is 43.0 Å². The largest absolute Gasteiger partial charge is 0.490 e. The van der Waals surface area contributed by atoms with Crippen LogP contribution in [0.3, 0.4) is 0 Å². The SMILES string of the molecule is C=CC(=O)N1C[C@H](C)n2nc(-c3nc(-c4ccc5c(c4)CN(C)[C@H](C(=O)N(C)C)C5)c4sccc4c3-c3c(F)cccc3OC[C@@H](C)O)cc2[C@H]1C. The van der Waals surface area contributed by atoms with E-state index < -0.39 is 11.9 Å². The first-order chi connectivity index (χ1) is 24.9. The highest BCUT2D eigenvalue weighted by Gasteiger charge is 2.35. The Morgan fingerprint density at radius 3 is 2.65 bits per heavy atom. The Labute approximate surface area is 306 Å². The summed E-state index contributed by atoms with van der Waals surface area (Å²) in [6.45, 7) is 10.3. The molecule has 52 heavy (non-hydrogen) atoms. The third kappa shape index (κ3) is 6.18. The first kappa shape index (κ1) is 35.5. The number of carbonyl (C=O) groups is 2. The minimum Gasteiger partial charge on any atom is -0.490 e. The fourth-order valence-corrected chi connectivity index (χ4v) is 8.36. The van der Waals surface area contributed by atoms with Crippen molar-refractivity contribution >= 4 is 33.2 Å². The summed E-state index contributed by atoms with van der Waals surface area (Å²) in [5.41, 5.74) is 6.50. The Hall–Kier alpha value is -4.91. The molecule has 10 nitrogen and oxygen atoms in total. The number of hydrogen-bond donors (Lipinski definition) is 1. The molecule has 0 saturated carbocycles. The first-order valence-corrected chi connectivity index (χ1v) is 18.3.